The SMILES string of the molecule is CCC(C(=O)OCC(=O)Nc1cccc(C(=O)NC2CC2)c1)c1ccccc1. The van der Waals surface area contributed by atoms with Crippen LogP contribution in [-0.2, 0) is 14.3 Å². The monoisotopic (exact) mass is 380 g/mol. The summed E-state index contributed by atoms with van der Waals surface area (Å²) in [6.07, 6.45) is 2.60. The Bertz CT molecular complexity index is 847. The molecule has 1 atom stereocenters. The van der Waals surface area contributed by atoms with Crippen LogP contribution in [0.1, 0.15) is 48.0 Å². The lowest BCUT2D eigenvalue weighted by Gasteiger charge is -2.14. The Kier molecular flexibility index (Phi) is 6.42. The fraction of sp³-hybridized carbons (Fsp3) is 0.318. The van der Waals surface area contributed by atoms with E-state index < -0.39 is 17.8 Å². The number of carbonyl (C=O) groups is 3. The summed E-state index contributed by atoms with van der Waals surface area (Å²) in [6.45, 7) is 1.53. The van der Waals surface area contributed by atoms with Gasteiger partial charge in [-0.3, -0.25) is 14.4 Å². The molecule has 0 bridgehead atoms. The van der Waals surface area contributed by atoms with Crippen molar-refractivity contribution in [1.29, 1.82) is 0 Å². The summed E-state index contributed by atoms with van der Waals surface area (Å²) in [4.78, 5) is 36.6. The van der Waals surface area contributed by atoms with Gasteiger partial charge in [0.2, 0.25) is 0 Å². The summed E-state index contributed by atoms with van der Waals surface area (Å²) >= 11 is 0. The normalized spacial score (nSPS) is 14.0. The zero-order valence-corrected chi connectivity index (χ0v) is 15.8. The van der Waals surface area contributed by atoms with Gasteiger partial charge >= 0.3 is 5.97 Å². The van der Waals surface area contributed by atoms with Crippen LogP contribution in [0.3, 0.4) is 0 Å². The molecule has 28 heavy (non-hydrogen) atoms. The highest BCUT2D eigenvalue weighted by atomic mass is 16.5. The number of hydrogen-bond acceptors (Lipinski definition) is 4. The first-order valence-corrected chi connectivity index (χ1v) is 9.49. The van der Waals surface area contributed by atoms with Gasteiger partial charge in [-0.05, 0) is 43.0 Å². The molecule has 2 amide bonds. The van der Waals surface area contributed by atoms with Gasteiger partial charge in [-0.25, -0.2) is 0 Å². The van der Waals surface area contributed by atoms with Crippen molar-refractivity contribution in [3.05, 3.63) is 65.7 Å². The van der Waals surface area contributed by atoms with Crippen LogP contribution in [-0.4, -0.2) is 30.4 Å². The van der Waals surface area contributed by atoms with Crippen molar-refractivity contribution in [2.24, 2.45) is 0 Å². The van der Waals surface area contributed by atoms with Gasteiger partial charge in [0.1, 0.15) is 0 Å². The van der Waals surface area contributed by atoms with Crippen LogP contribution in [0.5, 0.6) is 0 Å². The van der Waals surface area contributed by atoms with Crippen LogP contribution in [0.15, 0.2) is 54.6 Å². The Morgan fingerprint density at radius 3 is 2.50 bits per heavy atom. The van der Waals surface area contributed by atoms with Crippen LogP contribution in [0, 0.1) is 0 Å². The largest absolute Gasteiger partial charge is 0.455 e. The van der Waals surface area contributed by atoms with Crippen molar-refractivity contribution in [3.8, 4) is 0 Å². The molecule has 1 aliphatic carbocycles. The number of anilines is 1. The summed E-state index contributed by atoms with van der Waals surface area (Å²) in [5.41, 5.74) is 1.83. The van der Waals surface area contributed by atoms with Crippen molar-refractivity contribution in [3.63, 3.8) is 0 Å². The van der Waals surface area contributed by atoms with Crippen LogP contribution >= 0.6 is 0 Å². The van der Waals surface area contributed by atoms with Crippen LogP contribution in [0.4, 0.5) is 5.69 Å². The Hall–Kier alpha value is -3.15. The molecular formula is C22H24N2O4. The van der Waals surface area contributed by atoms with Crippen LogP contribution in [0.25, 0.3) is 0 Å². The zero-order valence-electron chi connectivity index (χ0n) is 15.8. The average Bonchev–Trinajstić information content (AvgIpc) is 3.52. The lowest BCUT2D eigenvalue weighted by molar-refractivity contribution is -0.149. The molecule has 0 radical (unpaired) electrons. The average molecular weight is 380 g/mol. The molecule has 0 aliphatic heterocycles. The molecule has 1 unspecified atom stereocenters. The molecule has 1 fully saturated rings. The van der Waals surface area contributed by atoms with Crippen LogP contribution in [0.2, 0.25) is 0 Å². The second kappa shape index (κ2) is 9.17. The topological polar surface area (TPSA) is 84.5 Å². The van der Waals surface area contributed by atoms with E-state index in [1.165, 1.54) is 0 Å². The van der Waals surface area contributed by atoms with Gasteiger partial charge in [-0.1, -0.05) is 43.3 Å². The molecule has 1 aliphatic rings. The van der Waals surface area contributed by atoms with E-state index in [0.717, 1.165) is 18.4 Å². The van der Waals surface area contributed by atoms with Gasteiger partial charge < -0.3 is 15.4 Å². The molecule has 0 aromatic heterocycles. The van der Waals surface area contributed by atoms with E-state index in [1.807, 2.05) is 37.3 Å². The Morgan fingerprint density at radius 1 is 1.07 bits per heavy atom. The fourth-order valence-corrected chi connectivity index (χ4v) is 2.89. The number of ether oxygens (including phenoxy) is 1. The zero-order chi connectivity index (χ0) is 19.9. The molecule has 0 saturated heterocycles. The molecule has 3 rings (SSSR count). The van der Waals surface area contributed by atoms with E-state index in [0.29, 0.717) is 17.7 Å². The van der Waals surface area contributed by atoms with Gasteiger partial charge in [0.05, 0.1) is 5.92 Å². The highest BCUT2D eigenvalue weighted by Gasteiger charge is 2.24. The Morgan fingerprint density at radius 2 is 1.82 bits per heavy atom. The van der Waals surface area contributed by atoms with Gasteiger partial charge in [0.15, 0.2) is 6.61 Å². The van der Waals surface area contributed by atoms with E-state index in [9.17, 15) is 14.4 Å². The minimum Gasteiger partial charge on any atom is -0.455 e. The van der Waals surface area contributed by atoms with Crippen molar-refractivity contribution in [1.82, 2.24) is 5.32 Å². The minimum absolute atomic E-state index is 0.154. The third-order valence-corrected chi connectivity index (χ3v) is 4.56. The molecular weight excluding hydrogens is 356 g/mol. The van der Waals surface area contributed by atoms with Gasteiger partial charge in [0, 0.05) is 17.3 Å². The lowest BCUT2D eigenvalue weighted by atomic mass is 9.97. The van der Waals surface area contributed by atoms with Crippen molar-refractivity contribution in [2.45, 2.75) is 38.1 Å². The maximum Gasteiger partial charge on any atom is 0.313 e. The smallest absolute Gasteiger partial charge is 0.313 e. The number of rotatable bonds is 8. The third kappa shape index (κ3) is 5.42. The molecule has 6 heteroatoms. The second-order valence-corrected chi connectivity index (χ2v) is 6.86. The lowest BCUT2D eigenvalue weighted by Crippen LogP contribution is -2.26. The molecule has 0 heterocycles. The fourth-order valence-electron chi connectivity index (χ4n) is 2.89. The number of benzene rings is 2. The maximum absolute atomic E-state index is 12.3. The molecule has 2 aromatic rings. The summed E-state index contributed by atoms with van der Waals surface area (Å²) in [6, 6.07) is 16.3. The first-order chi connectivity index (χ1) is 13.6. The summed E-state index contributed by atoms with van der Waals surface area (Å²) in [5.74, 6) is -1.43. The van der Waals surface area contributed by atoms with Gasteiger partial charge in [0.25, 0.3) is 11.8 Å². The number of nitrogens with one attached hydrogen (secondary N) is 2. The predicted molar refractivity (Wildman–Crippen MR) is 106 cm³/mol. The van der Waals surface area contributed by atoms with Crippen LogP contribution < -0.4 is 10.6 Å². The van der Waals surface area contributed by atoms with Crippen molar-refractivity contribution < 1.29 is 19.1 Å². The molecule has 6 nitrogen and oxygen atoms in total. The standard InChI is InChI=1S/C22H24N2O4/c1-2-19(15-7-4-3-5-8-15)22(27)28-14-20(25)23-18-10-6-9-16(13-18)21(26)24-17-11-12-17/h3-10,13,17,19H,2,11-12,14H2,1H3,(H,23,25)(H,24,26). The van der Waals surface area contributed by atoms with Crippen molar-refractivity contribution in [2.75, 3.05) is 11.9 Å². The highest BCUT2D eigenvalue weighted by molar-refractivity contribution is 5.98. The first kappa shape index (κ1) is 19.6. The summed E-state index contributed by atoms with van der Waals surface area (Å²) < 4.78 is 5.19. The van der Waals surface area contributed by atoms with E-state index >= 15 is 0 Å². The summed E-state index contributed by atoms with van der Waals surface area (Å²) in [5, 5.41) is 5.57. The van der Waals surface area contributed by atoms with E-state index in [2.05, 4.69) is 10.6 Å². The predicted octanol–water partition coefficient (Wildman–Crippen LogP) is 3.25. The Balaban J connectivity index is 1.52. The molecule has 0 spiro atoms. The number of hydrogen-bond donors (Lipinski definition) is 2. The highest BCUT2D eigenvalue weighted by Crippen LogP contribution is 2.21. The molecule has 1 saturated carbocycles. The summed E-state index contributed by atoms with van der Waals surface area (Å²) in [7, 11) is 0. The number of amides is 2. The Labute approximate surface area is 164 Å². The van der Waals surface area contributed by atoms with Gasteiger partial charge in [-0.2, -0.15) is 0 Å². The number of carbonyl (C=O) groups excluding carboxylic acids is 3. The molecule has 146 valence electrons. The van der Waals surface area contributed by atoms with E-state index in [1.54, 1.807) is 24.3 Å². The number of esters is 1. The minimum atomic E-state index is -0.448. The molecule has 2 N–H and O–H groups in total. The second-order valence-electron chi connectivity index (χ2n) is 6.86. The van der Waals surface area contributed by atoms with Crippen molar-refractivity contribution >= 4 is 23.5 Å². The maximum atomic E-state index is 12.3. The van der Waals surface area contributed by atoms with E-state index in [4.69, 9.17) is 4.74 Å². The molecule has 2 aromatic carbocycles. The van der Waals surface area contributed by atoms with E-state index in [-0.39, 0.29) is 18.6 Å². The quantitative estimate of drug-likeness (QED) is 0.689. The first-order valence-electron chi connectivity index (χ1n) is 9.49. The van der Waals surface area contributed by atoms with Gasteiger partial charge in [-0.15, -0.1) is 0 Å². The third-order valence-electron chi connectivity index (χ3n) is 4.56.